The Bertz CT molecular complexity index is 347. The number of carbonyl (C=O) groups is 1. The molecule has 0 bridgehead atoms. The van der Waals surface area contributed by atoms with E-state index >= 15 is 0 Å². The minimum Gasteiger partial charge on any atom is -0.506 e. The number of rotatable bonds is 1. The smallest absolute Gasteiger partial charge is 0.308 e. The lowest BCUT2D eigenvalue weighted by molar-refractivity contribution is -0.131. The lowest BCUT2D eigenvalue weighted by atomic mass is 10.2. The molecule has 1 aromatic carbocycles. The zero-order chi connectivity index (χ0) is 10.0. The first-order valence-electron chi connectivity index (χ1n) is 3.68. The Morgan fingerprint density at radius 2 is 2.15 bits per heavy atom. The van der Waals surface area contributed by atoms with Crippen molar-refractivity contribution in [1.29, 1.82) is 0 Å². The van der Waals surface area contributed by atoms with Crippen molar-refractivity contribution < 1.29 is 14.6 Å². The number of ether oxygens (including phenoxy) is 1. The van der Waals surface area contributed by atoms with Crippen molar-refractivity contribution in [3.05, 3.63) is 22.7 Å². The minimum atomic E-state index is -0.466. The Kier molecular flexibility index (Phi) is 2.78. The van der Waals surface area contributed by atoms with Gasteiger partial charge in [0, 0.05) is 6.92 Å². The maximum atomic E-state index is 10.6. The van der Waals surface area contributed by atoms with Gasteiger partial charge in [0.05, 0.1) is 0 Å². The summed E-state index contributed by atoms with van der Waals surface area (Å²) < 4.78 is 4.78. The van der Waals surface area contributed by atoms with Crippen LogP contribution in [0.3, 0.4) is 0 Å². The molecule has 0 saturated carbocycles. The maximum Gasteiger partial charge on any atom is 0.308 e. The van der Waals surface area contributed by atoms with Gasteiger partial charge in [0.1, 0.15) is 10.8 Å². The number of hydrogen-bond acceptors (Lipinski definition) is 3. The van der Waals surface area contributed by atoms with Crippen molar-refractivity contribution in [3.63, 3.8) is 0 Å². The van der Waals surface area contributed by atoms with Crippen molar-refractivity contribution in [1.82, 2.24) is 0 Å². The summed E-state index contributed by atoms with van der Waals surface area (Å²) in [5.74, 6) is -0.364. The van der Waals surface area contributed by atoms with Crippen LogP contribution >= 0.6 is 11.6 Å². The average molecular weight is 201 g/mol. The van der Waals surface area contributed by atoms with Gasteiger partial charge in [-0.1, -0.05) is 11.6 Å². The normalized spacial score (nSPS) is 9.77. The fourth-order valence-electron chi connectivity index (χ4n) is 0.946. The topological polar surface area (TPSA) is 46.5 Å². The van der Waals surface area contributed by atoms with Gasteiger partial charge in [-0.2, -0.15) is 0 Å². The van der Waals surface area contributed by atoms with Gasteiger partial charge in [-0.15, -0.1) is 0 Å². The molecule has 1 rings (SSSR count). The highest BCUT2D eigenvalue weighted by atomic mass is 35.5. The largest absolute Gasteiger partial charge is 0.506 e. The second kappa shape index (κ2) is 3.66. The van der Waals surface area contributed by atoms with E-state index in [1.165, 1.54) is 13.0 Å². The number of phenolic OH excluding ortho intramolecular Hbond substituents is 1. The molecule has 0 unspecified atom stereocenters. The van der Waals surface area contributed by atoms with E-state index in [2.05, 4.69) is 0 Å². The predicted molar refractivity (Wildman–Crippen MR) is 49.2 cm³/mol. The summed E-state index contributed by atoms with van der Waals surface area (Å²) in [4.78, 5) is 10.6. The zero-order valence-electron chi connectivity index (χ0n) is 7.30. The molecule has 0 spiro atoms. The molecule has 3 nitrogen and oxygen atoms in total. The third kappa shape index (κ3) is 2.36. The van der Waals surface area contributed by atoms with Gasteiger partial charge in [-0.3, -0.25) is 4.79 Å². The number of carbonyl (C=O) groups excluding carboxylic acids is 1. The quantitative estimate of drug-likeness (QED) is 0.559. The van der Waals surface area contributed by atoms with Gasteiger partial charge in [0.2, 0.25) is 0 Å². The van der Waals surface area contributed by atoms with Crippen LogP contribution in [0.5, 0.6) is 11.5 Å². The van der Waals surface area contributed by atoms with Crippen molar-refractivity contribution in [3.8, 4) is 11.5 Å². The molecule has 0 aromatic heterocycles. The summed E-state index contributed by atoms with van der Waals surface area (Å²) in [5.41, 5.74) is 0.776. The molecule has 1 aromatic rings. The summed E-state index contributed by atoms with van der Waals surface area (Å²) in [5, 5.41) is 9.33. The second-order valence-electron chi connectivity index (χ2n) is 2.69. The van der Waals surface area contributed by atoms with Crippen LogP contribution < -0.4 is 4.74 Å². The lowest BCUT2D eigenvalue weighted by Crippen LogP contribution is -2.02. The number of phenols is 1. The van der Waals surface area contributed by atoms with Gasteiger partial charge in [0.15, 0.2) is 5.75 Å². The summed E-state index contributed by atoms with van der Waals surface area (Å²) in [6.07, 6.45) is 0. The number of benzene rings is 1. The molecule has 0 aliphatic heterocycles. The van der Waals surface area contributed by atoms with E-state index in [1.807, 2.05) is 0 Å². The van der Waals surface area contributed by atoms with E-state index in [-0.39, 0.29) is 16.5 Å². The average Bonchev–Trinajstić information content (AvgIpc) is 1.98. The standard InChI is InChI=1S/C9H9ClO3/c1-5-3-7(12)9(10)8(4-5)13-6(2)11/h3-4,12H,1-2H3. The van der Waals surface area contributed by atoms with Gasteiger partial charge in [-0.25, -0.2) is 0 Å². The van der Waals surface area contributed by atoms with Crippen LogP contribution in [-0.4, -0.2) is 11.1 Å². The van der Waals surface area contributed by atoms with Crippen molar-refractivity contribution >= 4 is 17.6 Å². The Hall–Kier alpha value is -1.22. The van der Waals surface area contributed by atoms with E-state index < -0.39 is 5.97 Å². The van der Waals surface area contributed by atoms with Crippen molar-refractivity contribution in [2.45, 2.75) is 13.8 Å². The van der Waals surface area contributed by atoms with E-state index in [0.29, 0.717) is 0 Å². The van der Waals surface area contributed by atoms with Crippen LogP contribution in [0.1, 0.15) is 12.5 Å². The molecule has 0 aliphatic carbocycles. The zero-order valence-corrected chi connectivity index (χ0v) is 8.05. The second-order valence-corrected chi connectivity index (χ2v) is 3.07. The highest BCUT2D eigenvalue weighted by Crippen LogP contribution is 2.34. The Labute approximate surface area is 80.9 Å². The van der Waals surface area contributed by atoms with Crippen LogP contribution in [-0.2, 0) is 4.79 Å². The fraction of sp³-hybridized carbons (Fsp3) is 0.222. The summed E-state index contributed by atoms with van der Waals surface area (Å²) in [6.45, 7) is 3.04. The SMILES string of the molecule is CC(=O)Oc1cc(C)cc(O)c1Cl. The van der Waals surface area contributed by atoms with Gasteiger partial charge >= 0.3 is 5.97 Å². The monoisotopic (exact) mass is 200 g/mol. The number of esters is 1. The Morgan fingerprint density at radius 3 is 2.69 bits per heavy atom. The van der Waals surface area contributed by atoms with Crippen LogP contribution in [0, 0.1) is 6.92 Å². The van der Waals surface area contributed by atoms with Crippen molar-refractivity contribution in [2.75, 3.05) is 0 Å². The lowest BCUT2D eigenvalue weighted by Gasteiger charge is -2.06. The molecule has 0 atom stereocenters. The van der Waals surface area contributed by atoms with Crippen molar-refractivity contribution in [2.24, 2.45) is 0 Å². The third-order valence-electron chi connectivity index (χ3n) is 1.42. The summed E-state index contributed by atoms with van der Waals surface area (Å²) in [7, 11) is 0. The number of hydrogen-bond donors (Lipinski definition) is 1. The number of halogens is 1. The first-order chi connectivity index (χ1) is 6.00. The molecule has 0 radical (unpaired) electrons. The van der Waals surface area contributed by atoms with Crippen LogP contribution in [0.2, 0.25) is 5.02 Å². The number of aromatic hydroxyl groups is 1. The molecule has 4 heteroatoms. The number of aryl methyl sites for hydroxylation is 1. The Balaban J connectivity index is 3.12. The van der Waals surface area contributed by atoms with E-state index in [0.717, 1.165) is 5.56 Å². The fourth-order valence-corrected chi connectivity index (χ4v) is 1.09. The first-order valence-corrected chi connectivity index (χ1v) is 4.06. The molecule has 70 valence electrons. The summed E-state index contributed by atoms with van der Waals surface area (Å²) in [6, 6.07) is 3.08. The molecule has 0 saturated heterocycles. The van der Waals surface area contributed by atoms with E-state index in [1.54, 1.807) is 13.0 Å². The first kappa shape index (κ1) is 9.86. The predicted octanol–water partition coefficient (Wildman–Crippen LogP) is 2.28. The van der Waals surface area contributed by atoms with Gasteiger partial charge < -0.3 is 9.84 Å². The van der Waals surface area contributed by atoms with Gasteiger partial charge in [0.25, 0.3) is 0 Å². The van der Waals surface area contributed by atoms with E-state index in [4.69, 9.17) is 16.3 Å². The molecule has 13 heavy (non-hydrogen) atoms. The molecule has 0 heterocycles. The van der Waals surface area contributed by atoms with E-state index in [9.17, 15) is 9.90 Å². The minimum absolute atomic E-state index is 0.0563. The molecular formula is C9H9ClO3. The molecule has 0 aliphatic rings. The summed E-state index contributed by atoms with van der Waals surface area (Å²) >= 11 is 5.68. The van der Waals surface area contributed by atoms with Crippen LogP contribution in [0.4, 0.5) is 0 Å². The van der Waals surface area contributed by atoms with Crippen LogP contribution in [0.15, 0.2) is 12.1 Å². The highest BCUT2D eigenvalue weighted by Gasteiger charge is 2.09. The molecule has 0 amide bonds. The highest BCUT2D eigenvalue weighted by molar-refractivity contribution is 6.33. The maximum absolute atomic E-state index is 10.6. The molecule has 0 fully saturated rings. The van der Waals surface area contributed by atoms with Gasteiger partial charge in [-0.05, 0) is 24.6 Å². The Morgan fingerprint density at radius 1 is 1.54 bits per heavy atom. The third-order valence-corrected chi connectivity index (χ3v) is 1.80. The molecule has 1 N–H and O–H groups in total. The van der Waals surface area contributed by atoms with Crippen LogP contribution in [0.25, 0.3) is 0 Å². The molecular weight excluding hydrogens is 192 g/mol.